The molecule has 1 saturated carbocycles. The minimum absolute atomic E-state index is 0.192. The van der Waals surface area contributed by atoms with E-state index in [0.29, 0.717) is 24.2 Å². The number of benzene rings is 2. The van der Waals surface area contributed by atoms with Crippen molar-refractivity contribution in [2.24, 2.45) is 0 Å². The molecule has 2 aromatic carbocycles. The molecule has 0 spiro atoms. The Morgan fingerprint density at radius 2 is 1.55 bits per heavy atom. The van der Waals surface area contributed by atoms with Gasteiger partial charge in [0.25, 0.3) is 5.91 Å². The van der Waals surface area contributed by atoms with Crippen LogP contribution in [0.2, 0.25) is 0 Å². The SMILES string of the molecule is CC(=O)N[C@H](C)C(=O)N(c1ccc(C)cc1)C1(C(=O)Nc2ccccc2)CCCCC1. The average Bonchev–Trinajstić information content (AvgIpc) is 2.76. The quantitative estimate of drug-likeness (QED) is 0.734. The smallest absolute Gasteiger partial charge is 0.250 e. The normalized spacial score (nSPS) is 16.1. The first-order valence-electron chi connectivity index (χ1n) is 10.9. The van der Waals surface area contributed by atoms with Crippen LogP contribution in [-0.4, -0.2) is 29.3 Å². The van der Waals surface area contributed by atoms with Crippen molar-refractivity contribution in [2.45, 2.75) is 64.5 Å². The summed E-state index contributed by atoms with van der Waals surface area (Å²) in [6.07, 6.45) is 3.87. The van der Waals surface area contributed by atoms with Crippen molar-refractivity contribution in [3.05, 3.63) is 60.2 Å². The van der Waals surface area contributed by atoms with Crippen LogP contribution >= 0.6 is 0 Å². The summed E-state index contributed by atoms with van der Waals surface area (Å²) in [6.45, 7) is 5.03. The monoisotopic (exact) mass is 421 g/mol. The highest BCUT2D eigenvalue weighted by molar-refractivity contribution is 6.10. The minimum atomic E-state index is -1.02. The van der Waals surface area contributed by atoms with Gasteiger partial charge < -0.3 is 10.6 Å². The highest BCUT2D eigenvalue weighted by Crippen LogP contribution is 2.38. The summed E-state index contributed by atoms with van der Waals surface area (Å²) in [5.74, 6) is -0.761. The van der Waals surface area contributed by atoms with E-state index in [1.54, 1.807) is 11.8 Å². The van der Waals surface area contributed by atoms with Crippen molar-refractivity contribution < 1.29 is 14.4 Å². The molecule has 31 heavy (non-hydrogen) atoms. The summed E-state index contributed by atoms with van der Waals surface area (Å²) in [7, 11) is 0. The first kappa shape index (κ1) is 22.5. The van der Waals surface area contributed by atoms with E-state index in [1.807, 2.05) is 61.5 Å². The Hall–Kier alpha value is -3.15. The highest BCUT2D eigenvalue weighted by atomic mass is 16.2. The molecule has 0 aromatic heterocycles. The maximum Gasteiger partial charge on any atom is 0.250 e. The summed E-state index contributed by atoms with van der Waals surface area (Å²) in [5, 5.41) is 5.72. The summed E-state index contributed by atoms with van der Waals surface area (Å²) in [5.41, 5.74) is 1.41. The van der Waals surface area contributed by atoms with Crippen LogP contribution < -0.4 is 15.5 Å². The first-order chi connectivity index (χ1) is 14.8. The molecule has 2 aromatic rings. The maximum absolute atomic E-state index is 13.7. The van der Waals surface area contributed by atoms with Crippen LogP contribution in [0, 0.1) is 6.92 Å². The Kier molecular flexibility index (Phi) is 7.10. The third kappa shape index (κ3) is 5.13. The molecule has 1 fully saturated rings. The van der Waals surface area contributed by atoms with Crippen LogP contribution in [0.3, 0.4) is 0 Å². The number of rotatable bonds is 6. The van der Waals surface area contributed by atoms with Gasteiger partial charge in [-0.1, -0.05) is 55.2 Å². The van der Waals surface area contributed by atoms with Crippen molar-refractivity contribution >= 4 is 29.1 Å². The molecule has 0 unspecified atom stereocenters. The van der Waals surface area contributed by atoms with E-state index in [2.05, 4.69) is 10.6 Å². The van der Waals surface area contributed by atoms with E-state index < -0.39 is 11.6 Å². The van der Waals surface area contributed by atoms with E-state index in [-0.39, 0.29) is 17.7 Å². The molecular weight excluding hydrogens is 390 g/mol. The standard InChI is InChI=1S/C25H31N3O3/c1-18-12-14-22(15-13-18)28(23(30)19(2)26-20(3)29)25(16-8-5-9-17-25)24(31)27-21-10-6-4-7-11-21/h4,6-7,10-15,19H,5,8-9,16-17H2,1-3H3,(H,26,29)(H,27,31)/t19-/m1/s1. The summed E-state index contributed by atoms with van der Waals surface area (Å²) < 4.78 is 0. The van der Waals surface area contributed by atoms with Gasteiger partial charge in [-0.2, -0.15) is 0 Å². The summed E-state index contributed by atoms with van der Waals surface area (Å²) in [4.78, 5) is 40.6. The highest BCUT2D eigenvalue weighted by Gasteiger charge is 2.48. The zero-order valence-electron chi connectivity index (χ0n) is 18.5. The second-order valence-corrected chi connectivity index (χ2v) is 8.34. The van der Waals surface area contributed by atoms with Gasteiger partial charge in [0.15, 0.2) is 0 Å². The molecule has 0 aliphatic heterocycles. The predicted octanol–water partition coefficient (Wildman–Crippen LogP) is 4.19. The Morgan fingerprint density at radius 1 is 0.935 bits per heavy atom. The Morgan fingerprint density at radius 3 is 2.13 bits per heavy atom. The topological polar surface area (TPSA) is 78.5 Å². The zero-order valence-corrected chi connectivity index (χ0v) is 18.5. The van der Waals surface area contributed by atoms with Gasteiger partial charge in [0.05, 0.1) is 0 Å². The summed E-state index contributed by atoms with van der Waals surface area (Å²) >= 11 is 0. The summed E-state index contributed by atoms with van der Waals surface area (Å²) in [6, 6.07) is 16.2. The number of hydrogen-bond donors (Lipinski definition) is 2. The fraction of sp³-hybridized carbons (Fsp3) is 0.400. The van der Waals surface area contributed by atoms with E-state index in [4.69, 9.17) is 0 Å². The zero-order chi connectivity index (χ0) is 22.4. The second-order valence-electron chi connectivity index (χ2n) is 8.34. The molecule has 6 heteroatoms. The number of nitrogens with one attached hydrogen (secondary N) is 2. The molecule has 3 rings (SSSR count). The lowest BCUT2D eigenvalue weighted by Crippen LogP contribution is -2.63. The molecule has 6 nitrogen and oxygen atoms in total. The fourth-order valence-corrected chi connectivity index (χ4v) is 4.30. The number of hydrogen-bond acceptors (Lipinski definition) is 3. The lowest BCUT2D eigenvalue weighted by atomic mass is 9.78. The Bertz CT molecular complexity index is 919. The van der Waals surface area contributed by atoms with Crippen LogP contribution in [0.4, 0.5) is 11.4 Å². The average molecular weight is 422 g/mol. The van der Waals surface area contributed by atoms with E-state index in [1.165, 1.54) is 6.92 Å². The number of anilines is 2. The van der Waals surface area contributed by atoms with Crippen molar-refractivity contribution in [1.82, 2.24) is 5.32 Å². The van der Waals surface area contributed by atoms with Gasteiger partial charge in [-0.05, 0) is 51.0 Å². The largest absolute Gasteiger partial charge is 0.345 e. The molecule has 1 atom stereocenters. The van der Waals surface area contributed by atoms with Crippen molar-refractivity contribution in [3.63, 3.8) is 0 Å². The molecule has 0 saturated heterocycles. The fourth-order valence-electron chi connectivity index (χ4n) is 4.30. The van der Waals surface area contributed by atoms with Crippen LogP contribution in [0.5, 0.6) is 0 Å². The first-order valence-corrected chi connectivity index (χ1v) is 10.9. The van der Waals surface area contributed by atoms with Gasteiger partial charge in [0, 0.05) is 18.3 Å². The van der Waals surface area contributed by atoms with Crippen LogP contribution in [0.15, 0.2) is 54.6 Å². The second kappa shape index (κ2) is 9.77. The molecule has 1 aliphatic rings. The minimum Gasteiger partial charge on any atom is -0.345 e. The van der Waals surface area contributed by atoms with Gasteiger partial charge in [0.1, 0.15) is 11.6 Å². The number of carbonyl (C=O) groups is 3. The molecule has 2 N–H and O–H groups in total. The number of nitrogens with zero attached hydrogens (tertiary/aromatic N) is 1. The van der Waals surface area contributed by atoms with Gasteiger partial charge in [-0.25, -0.2) is 0 Å². The maximum atomic E-state index is 13.7. The molecule has 1 aliphatic carbocycles. The van der Waals surface area contributed by atoms with Crippen molar-refractivity contribution in [2.75, 3.05) is 10.2 Å². The van der Waals surface area contributed by atoms with Gasteiger partial charge in [-0.3, -0.25) is 19.3 Å². The molecule has 0 bridgehead atoms. The predicted molar refractivity (Wildman–Crippen MR) is 123 cm³/mol. The van der Waals surface area contributed by atoms with E-state index in [9.17, 15) is 14.4 Å². The lowest BCUT2D eigenvalue weighted by Gasteiger charge is -2.46. The molecule has 164 valence electrons. The molecule has 3 amide bonds. The third-order valence-electron chi connectivity index (χ3n) is 5.87. The number of para-hydroxylation sites is 1. The number of carbonyl (C=O) groups excluding carboxylic acids is 3. The van der Waals surface area contributed by atoms with Crippen LogP contribution in [0.25, 0.3) is 0 Å². The molecule has 0 heterocycles. The number of amides is 3. The third-order valence-corrected chi connectivity index (χ3v) is 5.87. The van der Waals surface area contributed by atoms with E-state index >= 15 is 0 Å². The van der Waals surface area contributed by atoms with Gasteiger partial charge in [0.2, 0.25) is 11.8 Å². The van der Waals surface area contributed by atoms with Crippen LogP contribution in [-0.2, 0) is 14.4 Å². The van der Waals surface area contributed by atoms with Gasteiger partial charge in [-0.15, -0.1) is 0 Å². The Balaban J connectivity index is 2.06. The Labute approximate surface area is 184 Å². The van der Waals surface area contributed by atoms with Crippen molar-refractivity contribution in [3.8, 4) is 0 Å². The van der Waals surface area contributed by atoms with Gasteiger partial charge >= 0.3 is 0 Å². The van der Waals surface area contributed by atoms with E-state index in [0.717, 1.165) is 24.8 Å². The lowest BCUT2D eigenvalue weighted by molar-refractivity contribution is -0.130. The molecule has 0 radical (unpaired) electrons. The van der Waals surface area contributed by atoms with Crippen LogP contribution in [0.1, 0.15) is 51.5 Å². The number of aryl methyl sites for hydroxylation is 1. The molecular formula is C25H31N3O3. The van der Waals surface area contributed by atoms with Crippen molar-refractivity contribution in [1.29, 1.82) is 0 Å².